The zero-order chi connectivity index (χ0) is 12.7. The van der Waals surface area contributed by atoms with E-state index in [0.29, 0.717) is 11.0 Å². The number of hydrogen-bond donors (Lipinski definition) is 1. The molecule has 0 unspecified atom stereocenters. The Hall–Kier alpha value is -1.88. The highest BCUT2D eigenvalue weighted by Crippen LogP contribution is 2.33. The number of nitrogen functional groups attached to an aromatic ring is 1. The maximum absolute atomic E-state index is 5.74. The summed E-state index contributed by atoms with van der Waals surface area (Å²) in [5.74, 6) is 0.350. The molecule has 0 radical (unpaired) electrons. The van der Waals surface area contributed by atoms with Crippen molar-refractivity contribution >= 4 is 22.0 Å². The van der Waals surface area contributed by atoms with Crippen molar-refractivity contribution in [2.75, 3.05) is 5.73 Å². The highest BCUT2D eigenvalue weighted by atomic mass is 32.1. The van der Waals surface area contributed by atoms with Gasteiger partial charge in [-0.15, -0.1) is 11.3 Å². The first kappa shape index (κ1) is 11.2. The summed E-state index contributed by atoms with van der Waals surface area (Å²) in [4.78, 5) is 4.39. The van der Waals surface area contributed by atoms with E-state index in [9.17, 15) is 0 Å². The number of aromatic nitrogens is 3. The van der Waals surface area contributed by atoms with Crippen LogP contribution in [0.4, 0.5) is 5.13 Å². The van der Waals surface area contributed by atoms with Crippen LogP contribution in [0.2, 0.25) is 0 Å². The van der Waals surface area contributed by atoms with E-state index < -0.39 is 0 Å². The molecule has 4 nitrogen and oxygen atoms in total. The lowest BCUT2D eigenvalue weighted by Crippen LogP contribution is -1.92. The topological polar surface area (TPSA) is 56.2 Å². The number of thiazole rings is 1. The minimum Gasteiger partial charge on any atom is -0.375 e. The number of nitrogens with zero attached hydrogens (tertiary/aromatic N) is 3. The van der Waals surface area contributed by atoms with Crippen LogP contribution < -0.4 is 5.73 Å². The fourth-order valence-corrected chi connectivity index (χ4v) is 2.64. The lowest BCUT2D eigenvalue weighted by atomic mass is 10.0. The van der Waals surface area contributed by atoms with Gasteiger partial charge >= 0.3 is 0 Å². The maximum Gasteiger partial charge on any atom is 0.180 e. The number of hydrogen-bond acceptors (Lipinski definition) is 4. The molecule has 3 aromatic heterocycles. The molecule has 0 saturated heterocycles. The fraction of sp³-hybridized carbons (Fsp3) is 0.231. The Labute approximate surface area is 109 Å². The third-order valence-corrected chi connectivity index (χ3v) is 3.57. The first-order valence-corrected chi connectivity index (χ1v) is 6.73. The van der Waals surface area contributed by atoms with Crippen LogP contribution in [0, 0.1) is 0 Å². The lowest BCUT2D eigenvalue weighted by molar-refractivity contribution is 0.789. The predicted molar refractivity (Wildman–Crippen MR) is 74.8 cm³/mol. The van der Waals surface area contributed by atoms with E-state index in [1.165, 1.54) is 11.3 Å². The van der Waals surface area contributed by atoms with Crippen LogP contribution in [0.3, 0.4) is 0 Å². The Morgan fingerprint density at radius 1 is 1.33 bits per heavy atom. The zero-order valence-electron chi connectivity index (χ0n) is 10.3. The molecule has 0 aliphatic rings. The van der Waals surface area contributed by atoms with Gasteiger partial charge in [0, 0.05) is 11.6 Å². The Morgan fingerprint density at radius 2 is 2.17 bits per heavy atom. The predicted octanol–water partition coefficient (Wildman–Crippen LogP) is 3.16. The highest BCUT2D eigenvalue weighted by molar-refractivity contribution is 7.13. The standard InChI is InChI=1S/C13H14N4S/c1-8(2)12-11(9-7-18-13(14)15-9)10-5-3-4-6-17(10)16-12/h3-8H,1-2H3,(H2,14,15). The summed E-state index contributed by atoms with van der Waals surface area (Å²) in [5, 5.41) is 7.22. The molecule has 3 heterocycles. The van der Waals surface area contributed by atoms with Crippen LogP contribution in [-0.4, -0.2) is 14.6 Å². The van der Waals surface area contributed by atoms with E-state index in [1.54, 1.807) is 0 Å². The molecule has 92 valence electrons. The third-order valence-electron chi connectivity index (χ3n) is 2.89. The quantitative estimate of drug-likeness (QED) is 0.768. The minimum atomic E-state index is 0.350. The van der Waals surface area contributed by atoms with Crippen LogP contribution >= 0.6 is 11.3 Å². The summed E-state index contributed by atoms with van der Waals surface area (Å²) in [5.41, 5.74) is 9.89. The van der Waals surface area contributed by atoms with Crippen molar-refractivity contribution in [1.29, 1.82) is 0 Å². The van der Waals surface area contributed by atoms with E-state index in [0.717, 1.165) is 22.5 Å². The number of anilines is 1. The summed E-state index contributed by atoms with van der Waals surface area (Å²) in [6, 6.07) is 6.05. The fourth-order valence-electron chi connectivity index (χ4n) is 2.09. The van der Waals surface area contributed by atoms with Crippen LogP contribution in [0.1, 0.15) is 25.5 Å². The van der Waals surface area contributed by atoms with Crippen LogP contribution in [0.5, 0.6) is 0 Å². The zero-order valence-corrected chi connectivity index (χ0v) is 11.1. The Bertz CT molecular complexity index is 696. The molecule has 3 aromatic rings. The van der Waals surface area contributed by atoms with Crippen molar-refractivity contribution in [1.82, 2.24) is 14.6 Å². The van der Waals surface area contributed by atoms with Gasteiger partial charge in [0.15, 0.2) is 5.13 Å². The molecule has 0 spiro atoms. The highest BCUT2D eigenvalue weighted by Gasteiger charge is 2.18. The number of rotatable bonds is 2. The SMILES string of the molecule is CC(C)c1nn2ccccc2c1-c1csc(N)n1. The van der Waals surface area contributed by atoms with Crippen molar-refractivity contribution in [3.05, 3.63) is 35.5 Å². The summed E-state index contributed by atoms with van der Waals surface area (Å²) in [7, 11) is 0. The summed E-state index contributed by atoms with van der Waals surface area (Å²) in [6.07, 6.45) is 1.96. The average molecular weight is 258 g/mol. The van der Waals surface area contributed by atoms with Crippen LogP contribution in [0.25, 0.3) is 16.8 Å². The van der Waals surface area contributed by atoms with E-state index >= 15 is 0 Å². The average Bonchev–Trinajstić information content (AvgIpc) is 2.92. The number of pyridine rings is 1. The van der Waals surface area contributed by atoms with Crippen LogP contribution in [0.15, 0.2) is 29.8 Å². The molecule has 18 heavy (non-hydrogen) atoms. The van der Waals surface area contributed by atoms with Crippen molar-refractivity contribution in [3.63, 3.8) is 0 Å². The summed E-state index contributed by atoms with van der Waals surface area (Å²) in [6.45, 7) is 4.28. The van der Waals surface area contributed by atoms with Gasteiger partial charge in [0.05, 0.1) is 22.5 Å². The van der Waals surface area contributed by atoms with Gasteiger partial charge in [0.25, 0.3) is 0 Å². The van der Waals surface area contributed by atoms with Gasteiger partial charge in [-0.25, -0.2) is 9.50 Å². The molecule has 0 aliphatic carbocycles. The van der Waals surface area contributed by atoms with E-state index in [2.05, 4.69) is 30.0 Å². The second-order valence-electron chi connectivity index (χ2n) is 4.52. The summed E-state index contributed by atoms with van der Waals surface area (Å²) < 4.78 is 1.90. The molecule has 3 rings (SSSR count). The van der Waals surface area contributed by atoms with Gasteiger partial charge in [-0.05, 0) is 18.1 Å². The van der Waals surface area contributed by atoms with Crippen LogP contribution in [-0.2, 0) is 0 Å². The normalized spacial score (nSPS) is 11.5. The van der Waals surface area contributed by atoms with Crippen molar-refractivity contribution in [2.45, 2.75) is 19.8 Å². The van der Waals surface area contributed by atoms with Gasteiger partial charge in [-0.3, -0.25) is 0 Å². The molecule has 0 aromatic carbocycles. The monoisotopic (exact) mass is 258 g/mol. The van der Waals surface area contributed by atoms with E-state index in [4.69, 9.17) is 5.73 Å². The molecular formula is C13H14N4S. The molecule has 0 amide bonds. The van der Waals surface area contributed by atoms with Crippen molar-refractivity contribution < 1.29 is 0 Å². The Balaban J connectivity index is 2.34. The van der Waals surface area contributed by atoms with Gasteiger partial charge in [0.1, 0.15) is 0 Å². The molecule has 0 aliphatic heterocycles. The number of nitrogens with two attached hydrogens (primary N) is 1. The first-order chi connectivity index (χ1) is 8.66. The maximum atomic E-state index is 5.74. The van der Waals surface area contributed by atoms with Gasteiger partial charge in [0.2, 0.25) is 0 Å². The minimum absolute atomic E-state index is 0.350. The third kappa shape index (κ3) is 1.67. The molecular weight excluding hydrogens is 244 g/mol. The van der Waals surface area contributed by atoms with Crippen molar-refractivity contribution in [3.8, 4) is 11.3 Å². The molecule has 0 saturated carbocycles. The van der Waals surface area contributed by atoms with Gasteiger partial charge in [-0.2, -0.15) is 5.10 Å². The Morgan fingerprint density at radius 3 is 2.83 bits per heavy atom. The molecule has 5 heteroatoms. The second kappa shape index (κ2) is 4.10. The van der Waals surface area contributed by atoms with Gasteiger partial charge in [-0.1, -0.05) is 19.9 Å². The molecule has 0 atom stereocenters. The Kier molecular flexibility index (Phi) is 2.56. The largest absolute Gasteiger partial charge is 0.375 e. The molecule has 0 bridgehead atoms. The molecule has 0 fully saturated rings. The smallest absolute Gasteiger partial charge is 0.180 e. The van der Waals surface area contributed by atoms with Gasteiger partial charge < -0.3 is 5.73 Å². The van der Waals surface area contributed by atoms with Crippen molar-refractivity contribution in [2.24, 2.45) is 0 Å². The van der Waals surface area contributed by atoms with E-state index in [-0.39, 0.29) is 0 Å². The molecule has 2 N–H and O–H groups in total. The lowest BCUT2D eigenvalue weighted by Gasteiger charge is -2.02. The second-order valence-corrected chi connectivity index (χ2v) is 5.41. The summed E-state index contributed by atoms with van der Waals surface area (Å²) >= 11 is 1.46. The van der Waals surface area contributed by atoms with E-state index in [1.807, 2.05) is 28.2 Å². The number of fused-ring (bicyclic) bond motifs is 1. The first-order valence-electron chi connectivity index (χ1n) is 5.85.